The van der Waals surface area contributed by atoms with Crippen molar-refractivity contribution >= 4 is 40.6 Å². The van der Waals surface area contributed by atoms with Crippen molar-refractivity contribution in [1.29, 1.82) is 0 Å². The Kier molecular flexibility index (Phi) is 2.33. The number of rotatable bonds is 0. The Morgan fingerprint density at radius 1 is 1.31 bits per heavy atom. The zero-order chi connectivity index (χ0) is 9.64. The molecule has 1 aliphatic heterocycles. The van der Waals surface area contributed by atoms with Gasteiger partial charge in [-0.05, 0) is 0 Å². The summed E-state index contributed by atoms with van der Waals surface area (Å²) in [5, 5.41) is -1.02. The smallest absolute Gasteiger partial charge is 0.232 e. The largest absolute Gasteiger partial charge is 0.341 e. The predicted octanol–water partition coefficient (Wildman–Crippen LogP) is 1.61. The summed E-state index contributed by atoms with van der Waals surface area (Å²) in [6, 6.07) is 0. The summed E-state index contributed by atoms with van der Waals surface area (Å²) in [5.41, 5.74) is 0. The number of carbonyl (C=O) groups excluding carboxylic acids is 1. The maximum atomic E-state index is 11.3. The summed E-state index contributed by atoms with van der Waals surface area (Å²) >= 11 is 17.2. The standard InChI is InChI=1S/C7H5Cl3O3/c8-3-4(11)6(10)7(5(3)9)12-1-2-13-7/h6H,1-2H2/t6-/m0/s1. The molecule has 0 radical (unpaired) electrons. The van der Waals surface area contributed by atoms with E-state index < -0.39 is 16.9 Å². The van der Waals surface area contributed by atoms with Crippen molar-refractivity contribution in [3.8, 4) is 0 Å². The number of halogens is 3. The SMILES string of the molecule is O=C1C(Cl)=C(Cl)C2(OCCO2)[C@H]1Cl. The normalized spacial score (nSPS) is 32.2. The van der Waals surface area contributed by atoms with Gasteiger partial charge in [0, 0.05) is 0 Å². The van der Waals surface area contributed by atoms with Gasteiger partial charge < -0.3 is 9.47 Å². The summed E-state index contributed by atoms with van der Waals surface area (Å²) in [6.07, 6.45) is 0. The molecule has 2 aliphatic rings. The number of hydrogen-bond donors (Lipinski definition) is 0. The Balaban J connectivity index is 2.45. The fourth-order valence-electron chi connectivity index (χ4n) is 1.36. The van der Waals surface area contributed by atoms with E-state index in [0.717, 1.165) is 0 Å². The minimum absolute atomic E-state index is 0.0525. The van der Waals surface area contributed by atoms with Crippen LogP contribution in [0.15, 0.2) is 10.1 Å². The molecule has 1 fully saturated rings. The number of allylic oxidation sites excluding steroid dienone is 1. The van der Waals surface area contributed by atoms with E-state index in [1.807, 2.05) is 0 Å². The van der Waals surface area contributed by atoms with E-state index in [4.69, 9.17) is 44.3 Å². The second-order valence-electron chi connectivity index (χ2n) is 2.72. The molecule has 13 heavy (non-hydrogen) atoms. The zero-order valence-electron chi connectivity index (χ0n) is 6.35. The summed E-state index contributed by atoms with van der Waals surface area (Å²) in [5.74, 6) is -1.77. The molecule has 72 valence electrons. The summed E-state index contributed by atoms with van der Waals surface area (Å²) < 4.78 is 10.4. The van der Waals surface area contributed by atoms with Gasteiger partial charge >= 0.3 is 0 Å². The molecule has 6 heteroatoms. The van der Waals surface area contributed by atoms with E-state index in [-0.39, 0.29) is 10.1 Å². The molecule has 0 aromatic rings. The summed E-state index contributed by atoms with van der Waals surface area (Å²) in [4.78, 5) is 11.3. The maximum Gasteiger partial charge on any atom is 0.232 e. The lowest BCUT2D eigenvalue weighted by atomic mass is 10.2. The van der Waals surface area contributed by atoms with Gasteiger partial charge in [0.15, 0.2) is 11.2 Å². The molecule has 1 saturated heterocycles. The van der Waals surface area contributed by atoms with Crippen LogP contribution in [0, 0.1) is 0 Å². The van der Waals surface area contributed by atoms with Crippen LogP contribution < -0.4 is 0 Å². The monoisotopic (exact) mass is 242 g/mol. The number of ether oxygens (including phenoxy) is 2. The lowest BCUT2D eigenvalue weighted by Gasteiger charge is -2.24. The third-order valence-corrected chi connectivity index (χ3v) is 3.40. The molecule has 1 spiro atoms. The fraction of sp³-hybridized carbons (Fsp3) is 0.571. The summed E-state index contributed by atoms with van der Waals surface area (Å²) in [6.45, 7) is 0.716. The van der Waals surface area contributed by atoms with Crippen molar-refractivity contribution in [1.82, 2.24) is 0 Å². The molecule has 0 bridgehead atoms. The topological polar surface area (TPSA) is 35.5 Å². The molecule has 0 amide bonds. The molecular formula is C7H5Cl3O3. The van der Waals surface area contributed by atoms with Crippen LogP contribution in [0.3, 0.4) is 0 Å². The fourth-order valence-corrected chi connectivity index (χ4v) is 2.37. The Hall–Kier alpha value is 0.200. The van der Waals surface area contributed by atoms with E-state index in [1.165, 1.54) is 0 Å². The van der Waals surface area contributed by atoms with Gasteiger partial charge in [0.1, 0.15) is 10.1 Å². The molecule has 0 unspecified atom stereocenters. The number of carbonyl (C=O) groups is 1. The Labute approximate surface area is 89.5 Å². The zero-order valence-corrected chi connectivity index (χ0v) is 8.62. The Morgan fingerprint density at radius 3 is 2.23 bits per heavy atom. The van der Waals surface area contributed by atoms with E-state index in [9.17, 15) is 4.79 Å². The van der Waals surface area contributed by atoms with Crippen molar-refractivity contribution in [2.45, 2.75) is 11.2 Å². The highest BCUT2D eigenvalue weighted by molar-refractivity contribution is 6.55. The van der Waals surface area contributed by atoms with Gasteiger partial charge in [-0.1, -0.05) is 23.2 Å². The van der Waals surface area contributed by atoms with Crippen LogP contribution >= 0.6 is 34.8 Å². The van der Waals surface area contributed by atoms with E-state index >= 15 is 0 Å². The molecule has 0 saturated carbocycles. The third kappa shape index (κ3) is 1.15. The van der Waals surface area contributed by atoms with Gasteiger partial charge in [-0.3, -0.25) is 4.79 Å². The van der Waals surface area contributed by atoms with Gasteiger partial charge in [-0.25, -0.2) is 0 Å². The van der Waals surface area contributed by atoms with Crippen molar-refractivity contribution in [3.05, 3.63) is 10.1 Å². The molecule has 0 aromatic heterocycles. The first-order valence-electron chi connectivity index (χ1n) is 3.61. The predicted molar refractivity (Wildman–Crippen MR) is 48.0 cm³/mol. The van der Waals surface area contributed by atoms with Gasteiger partial charge in [0.05, 0.1) is 13.2 Å². The average molecular weight is 243 g/mol. The summed E-state index contributed by atoms with van der Waals surface area (Å²) in [7, 11) is 0. The molecule has 1 heterocycles. The highest BCUT2D eigenvalue weighted by Gasteiger charge is 2.57. The lowest BCUT2D eigenvalue weighted by Crippen LogP contribution is -2.40. The minimum atomic E-state index is -1.32. The van der Waals surface area contributed by atoms with Crippen LogP contribution in [0.25, 0.3) is 0 Å². The average Bonchev–Trinajstić information content (AvgIpc) is 2.67. The van der Waals surface area contributed by atoms with Crippen LogP contribution in [0.2, 0.25) is 0 Å². The van der Waals surface area contributed by atoms with Gasteiger partial charge in [-0.15, -0.1) is 11.6 Å². The highest BCUT2D eigenvalue weighted by Crippen LogP contribution is 2.46. The Morgan fingerprint density at radius 2 is 1.85 bits per heavy atom. The molecular weight excluding hydrogens is 238 g/mol. The Bertz CT molecular complexity index is 293. The number of Topliss-reactive ketones (excluding diaryl/α,β-unsaturated/α-hetero) is 1. The lowest BCUT2D eigenvalue weighted by molar-refractivity contribution is -0.135. The van der Waals surface area contributed by atoms with Gasteiger partial charge in [0.2, 0.25) is 5.79 Å². The van der Waals surface area contributed by atoms with Crippen LogP contribution in [0.1, 0.15) is 0 Å². The van der Waals surface area contributed by atoms with Gasteiger partial charge in [-0.2, -0.15) is 0 Å². The number of ketones is 1. The molecule has 2 rings (SSSR count). The van der Waals surface area contributed by atoms with Crippen LogP contribution in [-0.2, 0) is 14.3 Å². The van der Waals surface area contributed by atoms with Crippen molar-refractivity contribution in [2.24, 2.45) is 0 Å². The van der Waals surface area contributed by atoms with Crippen LogP contribution in [0.4, 0.5) is 0 Å². The van der Waals surface area contributed by atoms with E-state index in [1.54, 1.807) is 0 Å². The highest BCUT2D eigenvalue weighted by atomic mass is 35.5. The molecule has 1 atom stereocenters. The maximum absolute atomic E-state index is 11.3. The van der Waals surface area contributed by atoms with Crippen LogP contribution in [0.5, 0.6) is 0 Å². The first-order valence-corrected chi connectivity index (χ1v) is 4.81. The first kappa shape index (κ1) is 9.74. The quantitative estimate of drug-likeness (QED) is 0.606. The second kappa shape index (κ2) is 3.11. The third-order valence-electron chi connectivity index (χ3n) is 2.00. The molecule has 1 aliphatic carbocycles. The first-order chi connectivity index (χ1) is 6.09. The number of hydrogen-bond acceptors (Lipinski definition) is 3. The molecule has 0 N–H and O–H groups in total. The number of alkyl halides is 1. The van der Waals surface area contributed by atoms with Crippen LogP contribution in [-0.4, -0.2) is 30.2 Å². The van der Waals surface area contributed by atoms with Crippen molar-refractivity contribution in [3.63, 3.8) is 0 Å². The minimum Gasteiger partial charge on any atom is -0.341 e. The molecule has 3 nitrogen and oxygen atoms in total. The van der Waals surface area contributed by atoms with E-state index in [2.05, 4.69) is 0 Å². The van der Waals surface area contributed by atoms with Crippen molar-refractivity contribution < 1.29 is 14.3 Å². The van der Waals surface area contributed by atoms with E-state index in [0.29, 0.717) is 13.2 Å². The molecule has 0 aromatic carbocycles. The van der Waals surface area contributed by atoms with Gasteiger partial charge in [0.25, 0.3) is 0 Å². The van der Waals surface area contributed by atoms with Crippen molar-refractivity contribution in [2.75, 3.05) is 13.2 Å². The second-order valence-corrected chi connectivity index (χ2v) is 3.91.